The molecule has 1 aliphatic rings. The van der Waals surface area contributed by atoms with Crippen LogP contribution in [0, 0.1) is 0 Å². The van der Waals surface area contributed by atoms with Crippen LogP contribution in [0.3, 0.4) is 0 Å². The van der Waals surface area contributed by atoms with E-state index in [-0.39, 0.29) is 24.0 Å². The fourth-order valence-corrected chi connectivity index (χ4v) is 3.38. The maximum atomic E-state index is 12.9. The lowest BCUT2D eigenvalue weighted by molar-refractivity contribution is -0.137. The molecular formula is C19H19ClF3N5O. The van der Waals surface area contributed by atoms with Crippen LogP contribution in [0.15, 0.2) is 36.7 Å². The number of piperidine rings is 1. The first-order valence-corrected chi connectivity index (χ1v) is 8.92. The van der Waals surface area contributed by atoms with Gasteiger partial charge in [0.1, 0.15) is 11.4 Å². The minimum Gasteiger partial charge on any atom is -0.507 e. The minimum absolute atomic E-state index is 0. The first-order chi connectivity index (χ1) is 13.4. The Morgan fingerprint density at radius 1 is 1.14 bits per heavy atom. The van der Waals surface area contributed by atoms with Crippen LogP contribution in [-0.2, 0) is 6.18 Å². The van der Waals surface area contributed by atoms with Gasteiger partial charge < -0.3 is 15.7 Å². The van der Waals surface area contributed by atoms with Crippen LogP contribution in [0.5, 0.6) is 5.75 Å². The fraction of sp³-hybridized carbons (Fsp3) is 0.316. The van der Waals surface area contributed by atoms with E-state index < -0.39 is 17.5 Å². The highest BCUT2D eigenvalue weighted by Crippen LogP contribution is 2.38. The van der Waals surface area contributed by atoms with Gasteiger partial charge in [-0.05, 0) is 43.7 Å². The predicted molar refractivity (Wildman–Crippen MR) is 106 cm³/mol. The molecule has 0 amide bonds. The molecule has 0 spiro atoms. The molecule has 0 radical (unpaired) electrons. The lowest BCUT2D eigenvalue weighted by Gasteiger charge is -2.24. The third kappa shape index (κ3) is 4.35. The van der Waals surface area contributed by atoms with Crippen molar-refractivity contribution in [3.05, 3.63) is 42.2 Å². The van der Waals surface area contributed by atoms with E-state index in [1.54, 1.807) is 18.5 Å². The van der Waals surface area contributed by atoms with Gasteiger partial charge in [-0.15, -0.1) is 22.6 Å². The van der Waals surface area contributed by atoms with Crippen molar-refractivity contribution < 1.29 is 18.3 Å². The molecule has 1 aromatic carbocycles. The molecule has 29 heavy (non-hydrogen) atoms. The molecule has 3 heterocycles. The van der Waals surface area contributed by atoms with E-state index in [1.165, 1.54) is 6.07 Å². The van der Waals surface area contributed by atoms with Gasteiger partial charge in [0.25, 0.3) is 0 Å². The quantitative estimate of drug-likeness (QED) is 0.588. The number of aromatic hydroxyl groups is 1. The van der Waals surface area contributed by atoms with Crippen LogP contribution in [0.25, 0.3) is 22.0 Å². The zero-order valence-electron chi connectivity index (χ0n) is 15.2. The third-order valence-electron chi connectivity index (χ3n) is 4.80. The summed E-state index contributed by atoms with van der Waals surface area (Å²) in [5.74, 6) is 0.0615. The zero-order chi connectivity index (χ0) is 19.7. The average molecular weight is 426 g/mol. The third-order valence-corrected chi connectivity index (χ3v) is 4.80. The summed E-state index contributed by atoms with van der Waals surface area (Å²) in [5, 5.41) is 26.6. The number of anilines is 1. The van der Waals surface area contributed by atoms with Crippen molar-refractivity contribution in [1.82, 2.24) is 20.5 Å². The number of aromatic nitrogens is 3. The van der Waals surface area contributed by atoms with Crippen molar-refractivity contribution in [2.75, 3.05) is 18.4 Å². The average Bonchev–Trinajstić information content (AvgIpc) is 2.69. The maximum Gasteiger partial charge on any atom is 0.416 e. The second-order valence-electron chi connectivity index (χ2n) is 6.74. The van der Waals surface area contributed by atoms with Gasteiger partial charge in [-0.1, -0.05) is 0 Å². The number of rotatable bonds is 3. The number of halogens is 4. The standard InChI is InChI=1S/C19H18F3N5O.ClH/c20-19(21,22)11-3-4-14(16(28)8-11)17-13-5-7-24-10-15(13)18(27-26-17)25-12-2-1-6-23-9-12;/h3-5,7-8,10,12,23,28H,1-2,6,9H2,(H,25,27);1H/t12-;/m1./s1. The molecular weight excluding hydrogens is 407 g/mol. The Morgan fingerprint density at radius 3 is 2.66 bits per heavy atom. The normalized spacial score (nSPS) is 17.0. The minimum atomic E-state index is -4.53. The second-order valence-corrected chi connectivity index (χ2v) is 6.74. The highest BCUT2D eigenvalue weighted by atomic mass is 35.5. The molecule has 10 heteroatoms. The van der Waals surface area contributed by atoms with Crippen molar-refractivity contribution in [3.8, 4) is 17.0 Å². The molecule has 1 fully saturated rings. The number of phenols is 1. The highest BCUT2D eigenvalue weighted by Gasteiger charge is 2.31. The summed E-state index contributed by atoms with van der Waals surface area (Å²) >= 11 is 0. The van der Waals surface area contributed by atoms with Crippen molar-refractivity contribution in [2.24, 2.45) is 0 Å². The van der Waals surface area contributed by atoms with Gasteiger partial charge in [0, 0.05) is 41.3 Å². The second kappa shape index (κ2) is 8.38. The first-order valence-electron chi connectivity index (χ1n) is 8.92. The molecule has 1 saturated heterocycles. The summed E-state index contributed by atoms with van der Waals surface area (Å²) in [6.07, 6.45) is 0.722. The molecule has 0 unspecified atom stereocenters. The van der Waals surface area contributed by atoms with Gasteiger partial charge in [0.2, 0.25) is 0 Å². The molecule has 3 aromatic rings. The smallest absolute Gasteiger partial charge is 0.416 e. The summed E-state index contributed by atoms with van der Waals surface area (Å²) in [7, 11) is 0. The highest BCUT2D eigenvalue weighted by molar-refractivity contribution is 6.00. The van der Waals surface area contributed by atoms with Gasteiger partial charge >= 0.3 is 6.18 Å². The number of benzene rings is 1. The van der Waals surface area contributed by atoms with Crippen molar-refractivity contribution in [1.29, 1.82) is 0 Å². The van der Waals surface area contributed by atoms with E-state index in [0.717, 1.165) is 32.0 Å². The predicted octanol–water partition coefficient (Wildman–Crippen LogP) is 4.00. The number of phenolic OH excluding ortho intramolecular Hbond substituents is 1. The molecule has 154 valence electrons. The molecule has 6 nitrogen and oxygen atoms in total. The Labute approximate surface area is 171 Å². The molecule has 1 aliphatic heterocycles. The number of pyridine rings is 1. The Balaban J connectivity index is 0.00000240. The largest absolute Gasteiger partial charge is 0.507 e. The monoisotopic (exact) mass is 425 g/mol. The first kappa shape index (κ1) is 21.1. The van der Waals surface area contributed by atoms with Crippen LogP contribution in [0.2, 0.25) is 0 Å². The van der Waals surface area contributed by atoms with Crippen LogP contribution in [0.1, 0.15) is 18.4 Å². The summed E-state index contributed by atoms with van der Waals surface area (Å²) in [6, 6.07) is 4.74. The van der Waals surface area contributed by atoms with E-state index in [1.807, 2.05) is 0 Å². The molecule has 2 aromatic heterocycles. The summed E-state index contributed by atoms with van der Waals surface area (Å²) in [4.78, 5) is 4.14. The molecule has 1 atom stereocenters. The number of hydrogen-bond donors (Lipinski definition) is 3. The van der Waals surface area contributed by atoms with Gasteiger partial charge in [0.15, 0.2) is 5.82 Å². The molecule has 3 N–H and O–H groups in total. The number of fused-ring (bicyclic) bond motifs is 1. The van der Waals surface area contributed by atoms with Crippen molar-refractivity contribution in [3.63, 3.8) is 0 Å². The lowest BCUT2D eigenvalue weighted by atomic mass is 10.0. The summed E-state index contributed by atoms with van der Waals surface area (Å²) in [6.45, 7) is 1.79. The fourth-order valence-electron chi connectivity index (χ4n) is 3.38. The number of hydrogen-bond acceptors (Lipinski definition) is 6. The zero-order valence-corrected chi connectivity index (χ0v) is 16.0. The lowest BCUT2D eigenvalue weighted by Crippen LogP contribution is -2.38. The van der Waals surface area contributed by atoms with Crippen molar-refractivity contribution >= 4 is 29.0 Å². The summed E-state index contributed by atoms with van der Waals surface area (Å²) < 4.78 is 38.6. The number of nitrogens with one attached hydrogen (secondary N) is 2. The topological polar surface area (TPSA) is 83.0 Å². The molecule has 4 rings (SSSR count). The van der Waals surface area contributed by atoms with E-state index in [2.05, 4.69) is 25.8 Å². The van der Waals surface area contributed by atoms with E-state index in [4.69, 9.17) is 0 Å². The Hall–Kier alpha value is -2.65. The van der Waals surface area contributed by atoms with Crippen molar-refractivity contribution in [2.45, 2.75) is 25.1 Å². The molecule has 0 bridgehead atoms. The Kier molecular flexibility index (Phi) is 6.09. The van der Waals surface area contributed by atoms with E-state index in [9.17, 15) is 18.3 Å². The van der Waals surface area contributed by atoms with Crippen LogP contribution in [0.4, 0.5) is 19.0 Å². The number of nitrogens with zero attached hydrogens (tertiary/aromatic N) is 3. The van der Waals surface area contributed by atoms with Gasteiger partial charge in [0.05, 0.1) is 5.56 Å². The SMILES string of the molecule is Cl.Oc1cc(C(F)(F)F)ccc1-c1nnc(N[C@@H]2CCCNC2)c2cnccc12. The number of alkyl halides is 3. The van der Waals surface area contributed by atoms with Crippen LogP contribution < -0.4 is 10.6 Å². The van der Waals surface area contributed by atoms with E-state index >= 15 is 0 Å². The summed E-state index contributed by atoms with van der Waals surface area (Å²) in [5.41, 5.74) is -0.436. The maximum absolute atomic E-state index is 12.9. The Bertz CT molecular complexity index is 1010. The van der Waals surface area contributed by atoms with Gasteiger partial charge in [-0.25, -0.2) is 0 Å². The van der Waals surface area contributed by atoms with Crippen LogP contribution in [-0.4, -0.2) is 39.4 Å². The van der Waals surface area contributed by atoms with E-state index in [0.29, 0.717) is 28.4 Å². The molecule has 0 aliphatic carbocycles. The molecule has 0 saturated carbocycles. The van der Waals surface area contributed by atoms with Gasteiger partial charge in [-0.2, -0.15) is 13.2 Å². The van der Waals surface area contributed by atoms with Crippen LogP contribution >= 0.6 is 12.4 Å². The Morgan fingerprint density at radius 2 is 1.97 bits per heavy atom. The van der Waals surface area contributed by atoms with Gasteiger partial charge in [-0.3, -0.25) is 4.98 Å².